The van der Waals surface area contributed by atoms with E-state index in [0.717, 1.165) is 16.3 Å². The Balaban J connectivity index is 1.57. The maximum absolute atomic E-state index is 14.1. The topological polar surface area (TPSA) is 149 Å². The van der Waals surface area contributed by atoms with Gasteiger partial charge in [-0.15, -0.1) is 11.3 Å². The molecule has 11 nitrogen and oxygen atoms in total. The summed E-state index contributed by atoms with van der Waals surface area (Å²) in [6.45, 7) is 12.7. The molecule has 49 heavy (non-hydrogen) atoms. The number of nitrogens with one attached hydrogen (secondary N) is 1. The molecule has 3 atom stereocenters. The van der Waals surface area contributed by atoms with E-state index in [9.17, 15) is 23.1 Å². The van der Waals surface area contributed by atoms with E-state index in [1.54, 1.807) is 21.1 Å². The summed E-state index contributed by atoms with van der Waals surface area (Å²) in [7, 11) is -4.09. The Kier molecular flexibility index (Phi) is 13.1. The zero-order chi connectivity index (χ0) is 36.0. The van der Waals surface area contributed by atoms with Gasteiger partial charge in [-0.05, 0) is 42.0 Å². The van der Waals surface area contributed by atoms with Gasteiger partial charge in [0.1, 0.15) is 6.04 Å². The fourth-order valence-corrected chi connectivity index (χ4v) is 8.53. The van der Waals surface area contributed by atoms with Crippen LogP contribution in [0.5, 0.6) is 0 Å². The number of anilines is 1. The fraction of sp³-hybridized carbons (Fsp3) is 0.514. The van der Waals surface area contributed by atoms with E-state index >= 15 is 0 Å². The Morgan fingerprint density at radius 2 is 1.78 bits per heavy atom. The number of urea groups is 1. The second kappa shape index (κ2) is 16.7. The van der Waals surface area contributed by atoms with Crippen molar-refractivity contribution in [1.82, 2.24) is 24.4 Å². The van der Waals surface area contributed by atoms with Gasteiger partial charge >= 0.3 is 6.03 Å². The molecule has 1 aliphatic heterocycles. The second-order valence-electron chi connectivity index (χ2n) is 13.7. The quantitative estimate of drug-likeness (QED) is 0.172. The van der Waals surface area contributed by atoms with E-state index < -0.39 is 34.1 Å². The Labute approximate surface area is 299 Å². The molecule has 0 bridgehead atoms. The van der Waals surface area contributed by atoms with E-state index in [0.29, 0.717) is 25.6 Å². The molecule has 0 radical (unpaired) electrons. The standard InChI is InChI=1S/C35H49ClN6O5S2/c1-22(2)18-41(49(46,47)27-12-13-28(36)29(37)17-27)20-31(43)30(16-25-10-8-7-9-11-25)39-33(44)32(23(3)4)42-15-14-40(35(42)45)19-26-21-48-34(38-26)24(5)6/h7-13,17,21-24,30-32,43H,14-16,18-20,37H2,1-6H3,(H,39,44)/t30-,31-,32-/m0/s1. The number of aliphatic hydroxyl groups excluding tert-OH is 1. The highest BCUT2D eigenvalue weighted by atomic mass is 35.5. The molecule has 0 saturated carbocycles. The molecule has 4 rings (SSSR count). The van der Waals surface area contributed by atoms with Crippen molar-refractivity contribution in [2.45, 2.75) is 83.5 Å². The summed E-state index contributed by atoms with van der Waals surface area (Å²) in [4.78, 5) is 35.7. The lowest BCUT2D eigenvalue weighted by Crippen LogP contribution is -2.57. The SMILES string of the molecule is CC(C)CN(C[C@H](O)[C@H](Cc1ccccc1)NC(=O)[C@H](C(C)C)N1CCN(Cc2csc(C(C)C)n2)C1=O)S(=O)(=O)c1ccc(Cl)c(N)c1. The molecular weight excluding hydrogens is 684 g/mol. The minimum atomic E-state index is -4.09. The van der Waals surface area contributed by atoms with Crippen LogP contribution in [0.3, 0.4) is 0 Å². The van der Waals surface area contributed by atoms with Gasteiger partial charge in [0.2, 0.25) is 15.9 Å². The van der Waals surface area contributed by atoms with Crippen LogP contribution in [-0.2, 0) is 27.8 Å². The predicted octanol–water partition coefficient (Wildman–Crippen LogP) is 5.20. The number of hydrogen-bond donors (Lipinski definition) is 3. The molecule has 0 aliphatic carbocycles. The van der Waals surface area contributed by atoms with E-state index in [-0.39, 0.29) is 53.0 Å². The van der Waals surface area contributed by atoms with E-state index in [1.807, 2.05) is 63.4 Å². The molecule has 2 heterocycles. The summed E-state index contributed by atoms with van der Waals surface area (Å²) in [5.41, 5.74) is 7.74. The lowest BCUT2D eigenvalue weighted by Gasteiger charge is -2.34. The number of amides is 3. The van der Waals surface area contributed by atoms with Crippen molar-refractivity contribution in [2.24, 2.45) is 11.8 Å². The van der Waals surface area contributed by atoms with Crippen LogP contribution in [0, 0.1) is 11.8 Å². The van der Waals surface area contributed by atoms with E-state index in [4.69, 9.17) is 17.3 Å². The number of halogens is 1. The van der Waals surface area contributed by atoms with Gasteiger partial charge < -0.3 is 26.0 Å². The second-order valence-corrected chi connectivity index (χ2v) is 16.9. The van der Waals surface area contributed by atoms with Crippen LogP contribution in [0.15, 0.2) is 58.8 Å². The smallest absolute Gasteiger partial charge is 0.321 e. The minimum Gasteiger partial charge on any atom is -0.397 e. The number of nitrogens with two attached hydrogens (primary N) is 1. The Morgan fingerprint density at radius 3 is 2.37 bits per heavy atom. The van der Waals surface area contributed by atoms with Crippen LogP contribution >= 0.6 is 22.9 Å². The Morgan fingerprint density at radius 1 is 1.08 bits per heavy atom. The molecule has 268 valence electrons. The number of rotatable bonds is 16. The Bertz CT molecular complexity index is 1680. The van der Waals surface area contributed by atoms with E-state index in [1.165, 1.54) is 22.5 Å². The Hall–Kier alpha value is -3.23. The number of carbonyl (C=O) groups excluding carboxylic acids is 2. The first-order chi connectivity index (χ1) is 23.1. The number of aromatic nitrogens is 1. The van der Waals surface area contributed by atoms with Crippen molar-refractivity contribution in [3.8, 4) is 0 Å². The predicted molar refractivity (Wildman–Crippen MR) is 195 cm³/mol. The van der Waals surface area contributed by atoms with Gasteiger partial charge in [-0.1, -0.05) is 83.5 Å². The van der Waals surface area contributed by atoms with Crippen molar-refractivity contribution in [3.63, 3.8) is 0 Å². The number of benzene rings is 2. The van der Waals surface area contributed by atoms with Crippen LogP contribution in [0.4, 0.5) is 10.5 Å². The molecule has 3 aromatic rings. The van der Waals surface area contributed by atoms with Gasteiger partial charge in [0.05, 0.1) is 45.0 Å². The molecule has 1 aromatic heterocycles. The van der Waals surface area contributed by atoms with Gasteiger partial charge in [0.15, 0.2) is 0 Å². The molecule has 0 spiro atoms. The molecule has 2 aromatic carbocycles. The van der Waals surface area contributed by atoms with Crippen molar-refractivity contribution in [1.29, 1.82) is 0 Å². The van der Waals surface area contributed by atoms with Crippen molar-refractivity contribution in [3.05, 3.63) is 75.2 Å². The molecule has 1 aliphatic rings. The first-order valence-electron chi connectivity index (χ1n) is 16.7. The maximum atomic E-state index is 14.1. The lowest BCUT2D eigenvalue weighted by molar-refractivity contribution is -0.128. The van der Waals surface area contributed by atoms with E-state index in [2.05, 4.69) is 24.1 Å². The molecule has 4 N–H and O–H groups in total. The molecule has 1 fully saturated rings. The first kappa shape index (κ1) is 38.6. The largest absolute Gasteiger partial charge is 0.397 e. The third-order valence-corrected chi connectivity index (χ3v) is 11.8. The van der Waals surface area contributed by atoms with Gasteiger partial charge in [-0.2, -0.15) is 4.31 Å². The number of aliphatic hydroxyl groups is 1. The van der Waals surface area contributed by atoms with Crippen LogP contribution in [0.25, 0.3) is 0 Å². The van der Waals surface area contributed by atoms with Gasteiger partial charge in [0, 0.05) is 37.5 Å². The molecule has 3 amide bonds. The van der Waals surface area contributed by atoms with Crippen LogP contribution in [0.2, 0.25) is 5.02 Å². The number of nitrogen functional groups attached to an aromatic ring is 1. The summed E-state index contributed by atoms with van der Waals surface area (Å²) in [6, 6.07) is 11.6. The summed E-state index contributed by atoms with van der Waals surface area (Å²) in [5.74, 6) is -0.418. The average molecular weight is 733 g/mol. The van der Waals surface area contributed by atoms with Crippen molar-refractivity contribution in [2.75, 3.05) is 31.9 Å². The molecule has 1 saturated heterocycles. The average Bonchev–Trinajstić information content (AvgIpc) is 3.65. The van der Waals surface area contributed by atoms with Crippen LogP contribution in [0.1, 0.15) is 63.7 Å². The molecule has 14 heteroatoms. The highest BCUT2D eigenvalue weighted by Gasteiger charge is 2.40. The number of thiazole rings is 1. The minimum absolute atomic E-state index is 0.0408. The number of carbonyl (C=O) groups is 2. The molecule has 0 unspecified atom stereocenters. The van der Waals surface area contributed by atoms with Crippen molar-refractivity contribution >= 4 is 50.6 Å². The van der Waals surface area contributed by atoms with Crippen molar-refractivity contribution < 1.29 is 23.1 Å². The third kappa shape index (κ3) is 9.72. The zero-order valence-corrected chi connectivity index (χ0v) is 31.4. The maximum Gasteiger partial charge on any atom is 0.321 e. The summed E-state index contributed by atoms with van der Waals surface area (Å²) in [5, 5.41) is 18.0. The number of hydrogen-bond acceptors (Lipinski definition) is 8. The van der Waals surface area contributed by atoms with Gasteiger partial charge in [-0.3, -0.25) is 4.79 Å². The van der Waals surface area contributed by atoms with Crippen LogP contribution in [-0.4, -0.2) is 88.9 Å². The highest BCUT2D eigenvalue weighted by molar-refractivity contribution is 7.89. The summed E-state index contributed by atoms with van der Waals surface area (Å²) in [6.07, 6.45) is -1.05. The number of sulfonamides is 1. The monoisotopic (exact) mass is 732 g/mol. The summed E-state index contributed by atoms with van der Waals surface area (Å²) >= 11 is 7.64. The number of nitrogens with zero attached hydrogens (tertiary/aromatic N) is 4. The third-order valence-electron chi connectivity index (χ3n) is 8.43. The first-order valence-corrected chi connectivity index (χ1v) is 19.4. The normalized spacial score (nSPS) is 15.9. The van der Waals surface area contributed by atoms with Gasteiger partial charge in [-0.25, -0.2) is 18.2 Å². The highest BCUT2D eigenvalue weighted by Crippen LogP contribution is 2.27. The zero-order valence-electron chi connectivity index (χ0n) is 29.0. The fourth-order valence-electron chi connectivity index (χ4n) is 5.93. The van der Waals surface area contributed by atoms with Gasteiger partial charge in [0.25, 0.3) is 0 Å². The molecular formula is C35H49ClN6O5S2. The lowest BCUT2D eigenvalue weighted by atomic mass is 9.97. The summed E-state index contributed by atoms with van der Waals surface area (Å²) < 4.78 is 28.9. The van der Waals surface area contributed by atoms with Crippen LogP contribution < -0.4 is 11.1 Å².